The summed E-state index contributed by atoms with van der Waals surface area (Å²) < 4.78 is 16.0. The van der Waals surface area contributed by atoms with Crippen LogP contribution < -0.4 is 19.5 Å². The van der Waals surface area contributed by atoms with Gasteiger partial charge in [-0.3, -0.25) is 14.6 Å². The van der Waals surface area contributed by atoms with Gasteiger partial charge in [-0.15, -0.1) is 11.8 Å². The van der Waals surface area contributed by atoms with E-state index in [9.17, 15) is 9.59 Å². The Kier molecular flexibility index (Phi) is 6.82. The van der Waals surface area contributed by atoms with Crippen molar-refractivity contribution in [3.05, 3.63) is 47.8 Å². The van der Waals surface area contributed by atoms with Crippen LogP contribution in [-0.4, -0.2) is 60.7 Å². The maximum atomic E-state index is 13.1. The van der Waals surface area contributed by atoms with E-state index in [-0.39, 0.29) is 11.8 Å². The minimum Gasteiger partial charge on any atom is -0.493 e. The molecule has 2 amide bonds. The molecule has 0 radical (unpaired) electrons. The summed E-state index contributed by atoms with van der Waals surface area (Å²) in [5, 5.41) is 2.89. The van der Waals surface area contributed by atoms with E-state index in [1.54, 1.807) is 29.4 Å². The van der Waals surface area contributed by atoms with Crippen molar-refractivity contribution in [2.75, 3.05) is 33.0 Å². The maximum absolute atomic E-state index is 13.1. The number of pyridine rings is 1. The lowest BCUT2D eigenvalue weighted by Crippen LogP contribution is -2.47. The quantitative estimate of drug-likeness (QED) is 0.736. The van der Waals surface area contributed by atoms with Crippen molar-refractivity contribution in [2.24, 2.45) is 0 Å². The van der Waals surface area contributed by atoms with E-state index in [1.807, 2.05) is 12.1 Å². The highest BCUT2D eigenvalue weighted by molar-refractivity contribution is 7.99. The van der Waals surface area contributed by atoms with E-state index in [4.69, 9.17) is 14.2 Å². The number of methoxy groups -OCH3 is 3. The second-order valence-electron chi connectivity index (χ2n) is 6.28. The van der Waals surface area contributed by atoms with Crippen LogP contribution in [0, 0.1) is 0 Å². The smallest absolute Gasteiger partial charge is 0.255 e. The number of ether oxygens (including phenoxy) is 3. The average Bonchev–Trinajstić information content (AvgIpc) is 3.26. The molecule has 8 nitrogen and oxygen atoms in total. The zero-order valence-electron chi connectivity index (χ0n) is 16.5. The van der Waals surface area contributed by atoms with Gasteiger partial charge in [-0.1, -0.05) is 6.07 Å². The van der Waals surface area contributed by atoms with Gasteiger partial charge < -0.3 is 24.4 Å². The second kappa shape index (κ2) is 9.51. The molecule has 0 aliphatic carbocycles. The van der Waals surface area contributed by atoms with E-state index in [0.29, 0.717) is 41.0 Å². The lowest BCUT2D eigenvalue weighted by molar-refractivity contribution is -0.124. The molecular formula is C20H23N3O5S. The van der Waals surface area contributed by atoms with Gasteiger partial charge in [-0.05, 0) is 23.8 Å². The summed E-state index contributed by atoms with van der Waals surface area (Å²) in [6.07, 6.45) is 3.37. The van der Waals surface area contributed by atoms with Crippen LogP contribution in [0.4, 0.5) is 0 Å². The van der Waals surface area contributed by atoms with E-state index in [0.717, 1.165) is 5.56 Å². The fourth-order valence-corrected chi connectivity index (χ4v) is 4.19. The van der Waals surface area contributed by atoms with E-state index in [2.05, 4.69) is 10.3 Å². The van der Waals surface area contributed by atoms with Gasteiger partial charge in [0.15, 0.2) is 11.5 Å². The fraction of sp³-hybridized carbons (Fsp3) is 0.350. The van der Waals surface area contributed by atoms with Crippen LogP contribution in [0.3, 0.4) is 0 Å². The summed E-state index contributed by atoms with van der Waals surface area (Å²) in [7, 11) is 4.49. The largest absolute Gasteiger partial charge is 0.493 e. The highest BCUT2D eigenvalue weighted by atomic mass is 32.2. The average molecular weight is 417 g/mol. The Balaban J connectivity index is 1.76. The Hall–Kier alpha value is -2.94. The minimum atomic E-state index is -0.553. The number of carbonyl (C=O) groups excluding carboxylic acids is 2. The molecule has 1 aromatic carbocycles. The molecule has 9 heteroatoms. The Morgan fingerprint density at radius 2 is 1.93 bits per heavy atom. The lowest BCUT2D eigenvalue weighted by Gasteiger charge is -2.24. The van der Waals surface area contributed by atoms with Crippen molar-refractivity contribution in [3.8, 4) is 17.2 Å². The zero-order chi connectivity index (χ0) is 20.8. The van der Waals surface area contributed by atoms with E-state index < -0.39 is 6.04 Å². The first kappa shape index (κ1) is 20.8. The molecule has 1 fully saturated rings. The van der Waals surface area contributed by atoms with Crippen molar-refractivity contribution < 1.29 is 23.8 Å². The zero-order valence-corrected chi connectivity index (χ0v) is 17.3. The first-order valence-electron chi connectivity index (χ1n) is 8.94. The number of carbonyl (C=O) groups is 2. The van der Waals surface area contributed by atoms with Crippen LogP contribution >= 0.6 is 11.8 Å². The predicted octanol–water partition coefficient (Wildman–Crippen LogP) is 1.94. The van der Waals surface area contributed by atoms with Gasteiger partial charge in [-0.2, -0.15) is 0 Å². The predicted molar refractivity (Wildman–Crippen MR) is 109 cm³/mol. The third-order valence-corrected chi connectivity index (χ3v) is 5.56. The molecule has 2 aromatic rings. The van der Waals surface area contributed by atoms with E-state index >= 15 is 0 Å². The SMILES string of the molecule is COc1cc(C(=O)N2CSCC2C(=O)NCc2cccnc2)cc(OC)c1OC. The molecule has 1 aliphatic heterocycles. The molecule has 29 heavy (non-hydrogen) atoms. The van der Waals surface area contributed by atoms with Gasteiger partial charge >= 0.3 is 0 Å². The number of nitrogens with zero attached hydrogens (tertiary/aromatic N) is 2. The summed E-state index contributed by atoms with van der Waals surface area (Å²) in [5.74, 6) is 1.69. The Morgan fingerprint density at radius 1 is 1.21 bits per heavy atom. The first-order chi connectivity index (χ1) is 14.1. The summed E-state index contributed by atoms with van der Waals surface area (Å²) in [6.45, 7) is 0.361. The molecule has 1 aromatic heterocycles. The van der Waals surface area contributed by atoms with Crippen LogP contribution in [0.25, 0.3) is 0 Å². The van der Waals surface area contributed by atoms with Crippen LogP contribution in [-0.2, 0) is 11.3 Å². The number of nitrogens with one attached hydrogen (secondary N) is 1. The van der Waals surface area contributed by atoms with Crippen molar-refractivity contribution in [2.45, 2.75) is 12.6 Å². The van der Waals surface area contributed by atoms with Crippen LogP contribution in [0.1, 0.15) is 15.9 Å². The van der Waals surface area contributed by atoms with Gasteiger partial charge in [0.25, 0.3) is 5.91 Å². The number of thioether (sulfide) groups is 1. The van der Waals surface area contributed by atoms with Gasteiger partial charge in [0.2, 0.25) is 11.7 Å². The molecule has 1 unspecified atom stereocenters. The normalized spacial score (nSPS) is 15.7. The molecule has 1 N–H and O–H groups in total. The minimum absolute atomic E-state index is 0.195. The molecular weight excluding hydrogens is 394 g/mol. The number of hydrogen-bond donors (Lipinski definition) is 1. The van der Waals surface area contributed by atoms with E-state index in [1.165, 1.54) is 33.1 Å². The highest BCUT2D eigenvalue weighted by Crippen LogP contribution is 2.39. The third kappa shape index (κ3) is 4.56. The molecule has 0 bridgehead atoms. The lowest BCUT2D eigenvalue weighted by atomic mass is 10.1. The van der Waals surface area contributed by atoms with Crippen LogP contribution in [0.2, 0.25) is 0 Å². The van der Waals surface area contributed by atoms with Crippen molar-refractivity contribution in [1.29, 1.82) is 0 Å². The molecule has 154 valence electrons. The van der Waals surface area contributed by atoms with Crippen LogP contribution in [0.15, 0.2) is 36.7 Å². The maximum Gasteiger partial charge on any atom is 0.255 e. The van der Waals surface area contributed by atoms with Crippen molar-refractivity contribution in [1.82, 2.24) is 15.2 Å². The third-order valence-electron chi connectivity index (χ3n) is 4.55. The monoisotopic (exact) mass is 417 g/mol. The molecule has 1 aliphatic rings. The number of benzene rings is 1. The highest BCUT2D eigenvalue weighted by Gasteiger charge is 2.35. The van der Waals surface area contributed by atoms with Gasteiger partial charge in [0.05, 0.1) is 27.2 Å². The first-order valence-corrected chi connectivity index (χ1v) is 10.1. The number of amides is 2. The van der Waals surface area contributed by atoms with Crippen LogP contribution in [0.5, 0.6) is 17.2 Å². The van der Waals surface area contributed by atoms with Crippen molar-refractivity contribution in [3.63, 3.8) is 0 Å². The molecule has 0 spiro atoms. The Labute approximate surface area is 173 Å². The standard InChI is InChI=1S/C20H23N3O5S/c1-26-16-7-14(8-17(27-2)18(16)28-3)20(25)23-12-29-11-15(23)19(24)22-10-13-5-4-6-21-9-13/h4-9,15H,10-12H2,1-3H3,(H,22,24). The number of aromatic nitrogens is 1. The summed E-state index contributed by atoms with van der Waals surface area (Å²) in [6, 6.07) is 6.33. The molecule has 1 atom stereocenters. The summed E-state index contributed by atoms with van der Waals surface area (Å²) >= 11 is 1.54. The summed E-state index contributed by atoms with van der Waals surface area (Å²) in [5.41, 5.74) is 1.26. The van der Waals surface area contributed by atoms with Gasteiger partial charge in [-0.25, -0.2) is 0 Å². The summed E-state index contributed by atoms with van der Waals surface area (Å²) in [4.78, 5) is 31.4. The molecule has 1 saturated heterocycles. The molecule has 3 rings (SSSR count). The molecule has 2 heterocycles. The van der Waals surface area contributed by atoms with Gasteiger partial charge in [0.1, 0.15) is 6.04 Å². The topological polar surface area (TPSA) is 90.0 Å². The van der Waals surface area contributed by atoms with Gasteiger partial charge in [0, 0.05) is 30.3 Å². The second-order valence-corrected chi connectivity index (χ2v) is 7.28. The molecule has 0 saturated carbocycles. The fourth-order valence-electron chi connectivity index (χ4n) is 3.04. The number of rotatable bonds is 7. The number of hydrogen-bond acceptors (Lipinski definition) is 7. The van der Waals surface area contributed by atoms with Crippen molar-refractivity contribution >= 4 is 23.6 Å². The Bertz CT molecular complexity index is 853. The Morgan fingerprint density at radius 3 is 2.52 bits per heavy atom.